The van der Waals surface area contributed by atoms with Crippen molar-refractivity contribution in [1.82, 2.24) is 0 Å². The highest BCUT2D eigenvalue weighted by molar-refractivity contribution is 5.90. The van der Waals surface area contributed by atoms with Gasteiger partial charge in [0.1, 0.15) is 12.2 Å². The van der Waals surface area contributed by atoms with Gasteiger partial charge in [0.2, 0.25) is 0 Å². The van der Waals surface area contributed by atoms with Crippen molar-refractivity contribution in [2.75, 3.05) is 0 Å². The van der Waals surface area contributed by atoms with E-state index in [-0.39, 0.29) is 36.0 Å². The highest BCUT2D eigenvalue weighted by atomic mass is 16.6. The number of ether oxygens (including phenoxy) is 2. The second kappa shape index (κ2) is 10.8. The number of benzene rings is 2. The van der Waals surface area contributed by atoms with E-state index in [0.29, 0.717) is 24.3 Å². The molecule has 4 nitrogen and oxygen atoms in total. The molecule has 2 aliphatic rings. The summed E-state index contributed by atoms with van der Waals surface area (Å²) in [4.78, 5) is 24.8. The lowest BCUT2D eigenvalue weighted by Crippen LogP contribution is -2.24. The van der Waals surface area contributed by atoms with Crippen LogP contribution in [0, 0.1) is 17.8 Å². The average molecular weight is 447 g/mol. The van der Waals surface area contributed by atoms with Crippen LogP contribution >= 0.6 is 0 Å². The lowest BCUT2D eigenvalue weighted by atomic mass is 9.90. The van der Waals surface area contributed by atoms with Gasteiger partial charge in [0.15, 0.2) is 0 Å². The van der Waals surface area contributed by atoms with E-state index in [1.165, 1.54) is 19.3 Å². The number of hydrogen-bond donors (Lipinski definition) is 0. The van der Waals surface area contributed by atoms with Crippen molar-refractivity contribution in [3.05, 3.63) is 72.3 Å². The normalized spacial score (nSPS) is 25.1. The van der Waals surface area contributed by atoms with Crippen LogP contribution in [0.3, 0.4) is 0 Å². The number of esters is 2. The van der Waals surface area contributed by atoms with Gasteiger partial charge in [-0.2, -0.15) is 0 Å². The molecular formula is C29H34O4. The molecule has 2 aromatic carbocycles. The number of carbonyl (C=O) groups excluding carboxylic acids is 2. The maximum Gasteiger partial charge on any atom is 0.338 e. The fourth-order valence-electron chi connectivity index (χ4n) is 5.06. The van der Waals surface area contributed by atoms with Crippen molar-refractivity contribution in [2.45, 2.75) is 64.6 Å². The Morgan fingerprint density at radius 3 is 2.55 bits per heavy atom. The molecule has 174 valence electrons. The quantitative estimate of drug-likeness (QED) is 0.247. The molecule has 1 saturated carbocycles. The van der Waals surface area contributed by atoms with E-state index < -0.39 is 0 Å². The SMILES string of the molecule is CCCCCC(C)/C=C/[C@@H]1[C@H]2CC(=O)O[C@H]2C[C@H]1OC(=O)c1ccc(-c2ccccc2)cc1. The Morgan fingerprint density at radius 2 is 1.82 bits per heavy atom. The largest absolute Gasteiger partial charge is 0.462 e. The van der Waals surface area contributed by atoms with Crippen LogP contribution in [0.15, 0.2) is 66.7 Å². The standard InChI is InChI=1S/C29H34O4/c1-3-4-6-9-20(2)12-17-24-25-18-28(30)32-27(25)19-26(24)33-29(31)23-15-13-22(14-16-23)21-10-7-5-8-11-21/h5,7-8,10-17,20,24-27H,3-4,6,9,18-19H2,1-2H3/b17-12+/t20?,24-,25-,26-,27+/m1/s1. The van der Waals surface area contributed by atoms with E-state index in [9.17, 15) is 9.59 Å². The molecule has 1 unspecified atom stereocenters. The number of carbonyl (C=O) groups is 2. The van der Waals surface area contributed by atoms with Gasteiger partial charge in [-0.25, -0.2) is 4.79 Å². The first-order valence-corrected chi connectivity index (χ1v) is 12.3. The van der Waals surface area contributed by atoms with Gasteiger partial charge in [0.25, 0.3) is 0 Å². The highest BCUT2D eigenvalue weighted by Gasteiger charge is 2.50. The summed E-state index contributed by atoms with van der Waals surface area (Å²) in [5.41, 5.74) is 2.72. The minimum Gasteiger partial charge on any atom is -0.462 e. The van der Waals surface area contributed by atoms with Crippen molar-refractivity contribution < 1.29 is 19.1 Å². The predicted octanol–water partition coefficient (Wildman–Crippen LogP) is 6.60. The van der Waals surface area contributed by atoms with Crippen molar-refractivity contribution >= 4 is 11.9 Å². The molecule has 2 aromatic rings. The Morgan fingerprint density at radius 1 is 1.09 bits per heavy atom. The molecule has 0 bridgehead atoms. The second-order valence-electron chi connectivity index (χ2n) is 9.45. The summed E-state index contributed by atoms with van der Waals surface area (Å²) in [5.74, 6) is 0.119. The summed E-state index contributed by atoms with van der Waals surface area (Å²) in [7, 11) is 0. The third-order valence-electron chi connectivity index (χ3n) is 6.96. The summed E-state index contributed by atoms with van der Waals surface area (Å²) in [6, 6.07) is 17.6. The predicted molar refractivity (Wildman–Crippen MR) is 130 cm³/mol. The first-order valence-electron chi connectivity index (χ1n) is 12.3. The van der Waals surface area contributed by atoms with E-state index in [4.69, 9.17) is 9.47 Å². The fourth-order valence-corrected chi connectivity index (χ4v) is 5.06. The van der Waals surface area contributed by atoms with Crippen molar-refractivity contribution in [2.24, 2.45) is 17.8 Å². The lowest BCUT2D eigenvalue weighted by molar-refractivity contribution is -0.141. The third-order valence-corrected chi connectivity index (χ3v) is 6.96. The van der Waals surface area contributed by atoms with Gasteiger partial charge >= 0.3 is 11.9 Å². The van der Waals surface area contributed by atoms with Gasteiger partial charge in [-0.1, -0.05) is 87.7 Å². The van der Waals surface area contributed by atoms with E-state index in [1.807, 2.05) is 54.6 Å². The van der Waals surface area contributed by atoms with Crippen LogP contribution < -0.4 is 0 Å². The van der Waals surface area contributed by atoms with Crippen LogP contribution in [-0.2, 0) is 14.3 Å². The van der Waals surface area contributed by atoms with E-state index >= 15 is 0 Å². The van der Waals surface area contributed by atoms with Gasteiger partial charge in [-0.3, -0.25) is 4.79 Å². The molecule has 1 saturated heterocycles. The van der Waals surface area contributed by atoms with E-state index in [0.717, 1.165) is 17.5 Å². The maximum absolute atomic E-state index is 12.9. The van der Waals surface area contributed by atoms with Crippen LogP contribution in [0.2, 0.25) is 0 Å². The van der Waals surface area contributed by atoms with Crippen LogP contribution in [0.1, 0.15) is 62.7 Å². The van der Waals surface area contributed by atoms with Crippen LogP contribution in [0.25, 0.3) is 11.1 Å². The molecule has 4 heteroatoms. The van der Waals surface area contributed by atoms with Crippen LogP contribution in [-0.4, -0.2) is 24.1 Å². The molecule has 0 N–H and O–H groups in total. The molecule has 1 heterocycles. The minimum absolute atomic E-state index is 0.0163. The van der Waals surface area contributed by atoms with E-state index in [2.05, 4.69) is 26.0 Å². The van der Waals surface area contributed by atoms with Gasteiger partial charge < -0.3 is 9.47 Å². The molecule has 33 heavy (non-hydrogen) atoms. The third kappa shape index (κ3) is 5.73. The van der Waals surface area contributed by atoms with Crippen molar-refractivity contribution in [3.63, 3.8) is 0 Å². The Balaban J connectivity index is 1.42. The first-order chi connectivity index (χ1) is 16.0. The molecule has 0 radical (unpaired) electrons. The smallest absolute Gasteiger partial charge is 0.338 e. The molecule has 0 amide bonds. The Bertz CT molecular complexity index is 963. The molecular weight excluding hydrogens is 412 g/mol. The summed E-state index contributed by atoms with van der Waals surface area (Å²) in [6.07, 6.45) is 9.81. The summed E-state index contributed by atoms with van der Waals surface area (Å²) in [6.45, 7) is 4.44. The number of allylic oxidation sites excluding steroid dienone is 1. The molecule has 2 fully saturated rings. The highest BCUT2D eigenvalue weighted by Crippen LogP contribution is 2.44. The number of unbranched alkanes of at least 4 members (excludes halogenated alkanes) is 2. The second-order valence-corrected chi connectivity index (χ2v) is 9.45. The molecule has 5 atom stereocenters. The van der Waals surface area contributed by atoms with Crippen LogP contribution in [0.4, 0.5) is 0 Å². The van der Waals surface area contributed by atoms with Gasteiger partial charge in [0, 0.05) is 18.3 Å². The maximum atomic E-state index is 12.9. The zero-order valence-corrected chi connectivity index (χ0v) is 19.6. The van der Waals surface area contributed by atoms with Crippen LogP contribution in [0.5, 0.6) is 0 Å². The molecule has 1 aliphatic carbocycles. The summed E-state index contributed by atoms with van der Waals surface area (Å²) in [5, 5.41) is 0. The van der Waals surface area contributed by atoms with Crippen molar-refractivity contribution in [3.8, 4) is 11.1 Å². The number of rotatable bonds is 9. The monoisotopic (exact) mass is 446 g/mol. The van der Waals surface area contributed by atoms with Gasteiger partial charge in [-0.15, -0.1) is 0 Å². The first kappa shape index (κ1) is 23.3. The lowest BCUT2D eigenvalue weighted by Gasteiger charge is -2.21. The summed E-state index contributed by atoms with van der Waals surface area (Å²) >= 11 is 0. The number of hydrogen-bond acceptors (Lipinski definition) is 4. The topological polar surface area (TPSA) is 52.6 Å². The molecule has 4 rings (SSSR count). The summed E-state index contributed by atoms with van der Waals surface area (Å²) < 4.78 is 11.5. The molecule has 1 aliphatic heterocycles. The fraction of sp³-hybridized carbons (Fsp3) is 0.448. The minimum atomic E-state index is -0.319. The number of fused-ring (bicyclic) bond motifs is 1. The molecule has 0 spiro atoms. The van der Waals surface area contributed by atoms with E-state index in [1.54, 1.807) is 0 Å². The Hall–Kier alpha value is -2.88. The molecule has 0 aromatic heterocycles. The van der Waals surface area contributed by atoms with Gasteiger partial charge in [-0.05, 0) is 35.6 Å². The van der Waals surface area contributed by atoms with Crippen molar-refractivity contribution in [1.29, 1.82) is 0 Å². The average Bonchev–Trinajstić information content (AvgIpc) is 3.33. The zero-order chi connectivity index (χ0) is 23.2. The van der Waals surface area contributed by atoms with Gasteiger partial charge in [0.05, 0.1) is 12.0 Å². The Kier molecular flexibility index (Phi) is 7.64. The Labute approximate surface area is 197 Å². The zero-order valence-electron chi connectivity index (χ0n) is 19.6.